The summed E-state index contributed by atoms with van der Waals surface area (Å²) in [4.78, 5) is 14.5. The fourth-order valence-electron chi connectivity index (χ4n) is 2.95. The molecule has 102 valence electrons. The van der Waals surface area contributed by atoms with Crippen LogP contribution >= 0.6 is 11.6 Å². The second-order valence-corrected chi connectivity index (χ2v) is 6.02. The van der Waals surface area contributed by atoms with Crippen LogP contribution in [0.5, 0.6) is 0 Å². The van der Waals surface area contributed by atoms with Gasteiger partial charge in [-0.05, 0) is 37.0 Å². The fourth-order valence-corrected chi connectivity index (χ4v) is 3.15. The molecule has 1 aliphatic heterocycles. The standard InChI is InChI=1S/C15H19ClN2O/c1-10-9-17-5-6-18(10)15(19)14-8-13(14)11-3-2-4-12(16)7-11/h2-4,7,10,13-14,17H,5-6,8-9H2,1H3/t10-,13?,14?/m1/s1. The Balaban J connectivity index is 1.67. The molecule has 1 saturated carbocycles. The van der Waals surface area contributed by atoms with E-state index in [1.807, 2.05) is 23.1 Å². The summed E-state index contributed by atoms with van der Waals surface area (Å²) < 4.78 is 0. The van der Waals surface area contributed by atoms with Gasteiger partial charge < -0.3 is 10.2 Å². The third-order valence-corrected chi connectivity index (χ3v) is 4.40. The Morgan fingerprint density at radius 2 is 2.32 bits per heavy atom. The van der Waals surface area contributed by atoms with Crippen molar-refractivity contribution in [3.05, 3.63) is 34.9 Å². The summed E-state index contributed by atoms with van der Waals surface area (Å²) in [5.74, 6) is 0.853. The van der Waals surface area contributed by atoms with Gasteiger partial charge in [0.25, 0.3) is 0 Å². The number of piperazine rings is 1. The first-order chi connectivity index (χ1) is 9.16. The normalized spacial score (nSPS) is 30.2. The lowest BCUT2D eigenvalue weighted by molar-refractivity contribution is -0.135. The van der Waals surface area contributed by atoms with Gasteiger partial charge in [0.2, 0.25) is 5.91 Å². The zero-order chi connectivity index (χ0) is 13.4. The van der Waals surface area contributed by atoms with Crippen molar-refractivity contribution < 1.29 is 4.79 Å². The topological polar surface area (TPSA) is 32.3 Å². The third kappa shape index (κ3) is 2.63. The van der Waals surface area contributed by atoms with Crippen molar-refractivity contribution in [3.63, 3.8) is 0 Å². The molecule has 4 heteroatoms. The first-order valence-electron chi connectivity index (χ1n) is 6.93. The highest BCUT2D eigenvalue weighted by atomic mass is 35.5. The third-order valence-electron chi connectivity index (χ3n) is 4.17. The zero-order valence-electron chi connectivity index (χ0n) is 11.1. The first-order valence-corrected chi connectivity index (χ1v) is 7.31. The molecule has 0 bridgehead atoms. The van der Waals surface area contributed by atoms with Gasteiger partial charge in [-0.2, -0.15) is 0 Å². The van der Waals surface area contributed by atoms with Gasteiger partial charge in [-0.1, -0.05) is 23.7 Å². The van der Waals surface area contributed by atoms with E-state index in [2.05, 4.69) is 18.3 Å². The summed E-state index contributed by atoms with van der Waals surface area (Å²) in [6, 6.07) is 8.21. The van der Waals surface area contributed by atoms with E-state index >= 15 is 0 Å². The monoisotopic (exact) mass is 278 g/mol. The van der Waals surface area contributed by atoms with Crippen molar-refractivity contribution >= 4 is 17.5 Å². The van der Waals surface area contributed by atoms with Gasteiger partial charge in [0.15, 0.2) is 0 Å². The van der Waals surface area contributed by atoms with Gasteiger partial charge in [-0.25, -0.2) is 0 Å². The Labute approximate surface area is 118 Å². The summed E-state index contributed by atoms with van der Waals surface area (Å²) in [6.07, 6.45) is 0.968. The highest BCUT2D eigenvalue weighted by molar-refractivity contribution is 6.30. The van der Waals surface area contributed by atoms with E-state index in [1.54, 1.807) is 0 Å². The van der Waals surface area contributed by atoms with Crippen molar-refractivity contribution in [2.45, 2.75) is 25.3 Å². The molecule has 0 spiro atoms. The number of benzene rings is 1. The molecule has 1 aromatic rings. The minimum absolute atomic E-state index is 0.166. The molecule has 0 radical (unpaired) electrons. The van der Waals surface area contributed by atoms with Crippen molar-refractivity contribution in [1.29, 1.82) is 0 Å². The summed E-state index contributed by atoms with van der Waals surface area (Å²) >= 11 is 6.01. The molecule has 2 unspecified atom stereocenters. The second kappa shape index (κ2) is 5.14. The Morgan fingerprint density at radius 1 is 1.47 bits per heavy atom. The Bertz CT molecular complexity index is 491. The molecule has 19 heavy (non-hydrogen) atoms. The van der Waals surface area contributed by atoms with Crippen LogP contribution in [0.4, 0.5) is 0 Å². The predicted octanol–water partition coefficient (Wildman–Crippen LogP) is 2.26. The molecule has 2 fully saturated rings. The van der Waals surface area contributed by atoms with Crippen LogP contribution in [0, 0.1) is 5.92 Å². The molecule has 1 aliphatic carbocycles. The van der Waals surface area contributed by atoms with Gasteiger partial charge in [-0.3, -0.25) is 4.79 Å². The SMILES string of the molecule is C[C@@H]1CNCCN1C(=O)C1CC1c1cccc(Cl)c1. The smallest absolute Gasteiger partial charge is 0.226 e. The molecule has 1 N–H and O–H groups in total. The molecular weight excluding hydrogens is 260 g/mol. The number of rotatable bonds is 2. The largest absolute Gasteiger partial charge is 0.337 e. The quantitative estimate of drug-likeness (QED) is 0.900. The molecule has 1 heterocycles. The Hall–Kier alpha value is -1.06. The molecular formula is C15H19ClN2O. The van der Waals surface area contributed by atoms with Gasteiger partial charge in [0.05, 0.1) is 0 Å². The summed E-state index contributed by atoms with van der Waals surface area (Å²) in [5.41, 5.74) is 1.20. The highest BCUT2D eigenvalue weighted by Gasteiger charge is 2.46. The lowest BCUT2D eigenvalue weighted by Gasteiger charge is -2.34. The van der Waals surface area contributed by atoms with Crippen molar-refractivity contribution in [3.8, 4) is 0 Å². The van der Waals surface area contributed by atoms with Gasteiger partial charge in [0.1, 0.15) is 0 Å². The van der Waals surface area contributed by atoms with Crippen molar-refractivity contribution in [2.24, 2.45) is 5.92 Å². The lowest BCUT2D eigenvalue weighted by atomic mass is 10.1. The summed E-state index contributed by atoms with van der Waals surface area (Å²) in [5, 5.41) is 4.07. The highest BCUT2D eigenvalue weighted by Crippen LogP contribution is 2.49. The van der Waals surface area contributed by atoms with Gasteiger partial charge in [-0.15, -0.1) is 0 Å². The van der Waals surface area contributed by atoms with Crippen LogP contribution in [0.2, 0.25) is 5.02 Å². The van der Waals surface area contributed by atoms with Crippen LogP contribution in [0.25, 0.3) is 0 Å². The first kappa shape index (κ1) is 12.9. The van der Waals surface area contributed by atoms with E-state index in [-0.39, 0.29) is 5.92 Å². The number of nitrogens with zero attached hydrogens (tertiary/aromatic N) is 1. The average Bonchev–Trinajstić information content (AvgIpc) is 3.19. The van der Waals surface area contributed by atoms with Crippen molar-refractivity contribution in [2.75, 3.05) is 19.6 Å². The van der Waals surface area contributed by atoms with Crippen LogP contribution < -0.4 is 5.32 Å². The Kier molecular flexibility index (Phi) is 3.50. The molecule has 3 nitrogen and oxygen atoms in total. The Morgan fingerprint density at radius 3 is 3.05 bits per heavy atom. The number of hydrogen-bond donors (Lipinski definition) is 1. The van der Waals surface area contributed by atoms with E-state index in [0.29, 0.717) is 17.9 Å². The maximum atomic E-state index is 12.5. The van der Waals surface area contributed by atoms with Crippen LogP contribution in [0.3, 0.4) is 0 Å². The molecule has 1 saturated heterocycles. The molecule has 1 amide bonds. The zero-order valence-corrected chi connectivity index (χ0v) is 11.9. The molecule has 1 aromatic carbocycles. The van der Waals surface area contributed by atoms with E-state index in [0.717, 1.165) is 31.1 Å². The maximum absolute atomic E-state index is 12.5. The predicted molar refractivity (Wildman–Crippen MR) is 76.3 cm³/mol. The van der Waals surface area contributed by atoms with Crippen LogP contribution in [0.15, 0.2) is 24.3 Å². The fraction of sp³-hybridized carbons (Fsp3) is 0.533. The van der Waals surface area contributed by atoms with Crippen LogP contribution in [-0.4, -0.2) is 36.5 Å². The number of hydrogen-bond acceptors (Lipinski definition) is 2. The van der Waals surface area contributed by atoms with Crippen molar-refractivity contribution in [1.82, 2.24) is 10.2 Å². The number of nitrogens with one attached hydrogen (secondary N) is 1. The molecule has 3 rings (SSSR count). The number of halogens is 1. The summed E-state index contributed by atoms with van der Waals surface area (Å²) in [7, 11) is 0. The maximum Gasteiger partial charge on any atom is 0.226 e. The number of carbonyl (C=O) groups excluding carboxylic acids is 1. The van der Waals surface area contributed by atoms with Crippen LogP contribution in [0.1, 0.15) is 24.8 Å². The van der Waals surface area contributed by atoms with E-state index in [1.165, 1.54) is 5.56 Å². The lowest BCUT2D eigenvalue weighted by Crippen LogP contribution is -2.52. The molecule has 0 aromatic heterocycles. The second-order valence-electron chi connectivity index (χ2n) is 5.59. The van der Waals surface area contributed by atoms with E-state index in [9.17, 15) is 4.79 Å². The molecule has 3 atom stereocenters. The average molecular weight is 279 g/mol. The van der Waals surface area contributed by atoms with Gasteiger partial charge >= 0.3 is 0 Å². The minimum Gasteiger partial charge on any atom is -0.337 e. The van der Waals surface area contributed by atoms with E-state index < -0.39 is 0 Å². The van der Waals surface area contributed by atoms with E-state index in [4.69, 9.17) is 11.6 Å². The number of amides is 1. The summed E-state index contributed by atoms with van der Waals surface area (Å²) in [6.45, 7) is 4.75. The van der Waals surface area contributed by atoms with Gasteiger partial charge in [0, 0.05) is 36.6 Å². The number of carbonyl (C=O) groups is 1. The molecule has 2 aliphatic rings. The van der Waals surface area contributed by atoms with Crippen LogP contribution in [-0.2, 0) is 4.79 Å². The minimum atomic E-state index is 0.166.